The fourth-order valence-corrected chi connectivity index (χ4v) is 2.20. The van der Waals surface area contributed by atoms with Crippen molar-refractivity contribution >= 4 is 0 Å². The number of nitrogens with zero attached hydrogens (tertiary/aromatic N) is 1. The number of nitrogens with one attached hydrogen (secondary N) is 1. The van der Waals surface area contributed by atoms with Gasteiger partial charge in [0.05, 0.1) is 6.07 Å². The van der Waals surface area contributed by atoms with Crippen LogP contribution in [0.4, 0.5) is 0 Å². The minimum Gasteiger partial charge on any atom is -0.294 e. The zero-order valence-electron chi connectivity index (χ0n) is 12.1. The van der Waals surface area contributed by atoms with E-state index in [4.69, 9.17) is 0 Å². The predicted octanol–water partition coefficient (Wildman–Crippen LogP) is 3.91. The minimum atomic E-state index is -0.263. The van der Waals surface area contributed by atoms with Gasteiger partial charge < -0.3 is 0 Å². The Kier molecular flexibility index (Phi) is 4.92. The summed E-state index contributed by atoms with van der Waals surface area (Å²) in [5.41, 5.74) is 4.80. The van der Waals surface area contributed by atoms with Crippen LogP contribution in [0.15, 0.2) is 48.5 Å². The van der Waals surface area contributed by atoms with Crippen LogP contribution in [-0.2, 0) is 13.0 Å². The van der Waals surface area contributed by atoms with Gasteiger partial charge in [-0.05, 0) is 35.6 Å². The third kappa shape index (κ3) is 3.46. The number of nitriles is 1. The summed E-state index contributed by atoms with van der Waals surface area (Å²) in [5, 5.41) is 12.7. The predicted molar refractivity (Wildman–Crippen MR) is 82.2 cm³/mol. The largest absolute Gasteiger partial charge is 0.294 e. The van der Waals surface area contributed by atoms with Crippen molar-refractivity contribution in [3.8, 4) is 6.07 Å². The highest BCUT2D eigenvalue weighted by atomic mass is 14.9. The molecule has 1 unspecified atom stereocenters. The topological polar surface area (TPSA) is 35.8 Å². The lowest BCUT2D eigenvalue weighted by Gasteiger charge is -2.13. The maximum absolute atomic E-state index is 9.34. The second kappa shape index (κ2) is 6.88. The fourth-order valence-electron chi connectivity index (χ4n) is 2.20. The molecule has 0 aliphatic rings. The van der Waals surface area contributed by atoms with Crippen LogP contribution in [0, 0.1) is 18.3 Å². The average molecular weight is 264 g/mol. The number of rotatable bonds is 5. The first-order valence-corrected chi connectivity index (χ1v) is 7.01. The Hall–Kier alpha value is -2.11. The summed E-state index contributed by atoms with van der Waals surface area (Å²) in [6.45, 7) is 4.93. The van der Waals surface area contributed by atoms with E-state index < -0.39 is 0 Å². The molecule has 102 valence electrons. The lowest BCUT2D eigenvalue weighted by Crippen LogP contribution is -2.19. The van der Waals surface area contributed by atoms with E-state index in [9.17, 15) is 5.26 Å². The Morgan fingerprint density at radius 3 is 2.40 bits per heavy atom. The quantitative estimate of drug-likeness (QED) is 0.888. The zero-order valence-corrected chi connectivity index (χ0v) is 12.1. The smallest absolute Gasteiger partial charge is 0.121 e. The van der Waals surface area contributed by atoms with E-state index in [1.54, 1.807) is 0 Å². The molecule has 0 fully saturated rings. The van der Waals surface area contributed by atoms with E-state index in [1.807, 2.05) is 24.3 Å². The molecule has 0 saturated carbocycles. The van der Waals surface area contributed by atoms with E-state index in [0.717, 1.165) is 12.0 Å². The normalized spacial score (nSPS) is 11.8. The van der Waals surface area contributed by atoms with Gasteiger partial charge in [-0.3, -0.25) is 5.32 Å². The second-order valence-electron chi connectivity index (χ2n) is 4.96. The molecule has 2 aromatic rings. The molecule has 0 saturated heterocycles. The molecular formula is C18H20N2. The first kappa shape index (κ1) is 14.3. The molecule has 2 rings (SSSR count). The molecule has 2 aromatic carbocycles. The van der Waals surface area contributed by atoms with Crippen molar-refractivity contribution in [3.05, 3.63) is 70.8 Å². The van der Waals surface area contributed by atoms with Gasteiger partial charge in [0.15, 0.2) is 0 Å². The monoisotopic (exact) mass is 264 g/mol. The van der Waals surface area contributed by atoms with E-state index in [-0.39, 0.29) is 6.04 Å². The molecule has 0 aliphatic heterocycles. The van der Waals surface area contributed by atoms with Crippen LogP contribution >= 0.6 is 0 Å². The molecule has 0 radical (unpaired) electrons. The molecule has 2 nitrogen and oxygen atoms in total. The van der Waals surface area contributed by atoms with E-state index in [1.165, 1.54) is 16.7 Å². The Bertz CT molecular complexity index is 594. The third-order valence-electron chi connectivity index (χ3n) is 3.61. The molecule has 0 amide bonds. The van der Waals surface area contributed by atoms with Gasteiger partial charge in [-0.15, -0.1) is 0 Å². The number of aryl methyl sites for hydroxylation is 2. The Morgan fingerprint density at radius 2 is 1.80 bits per heavy atom. The van der Waals surface area contributed by atoms with Crippen molar-refractivity contribution in [1.82, 2.24) is 5.32 Å². The summed E-state index contributed by atoms with van der Waals surface area (Å²) < 4.78 is 0. The molecule has 0 bridgehead atoms. The molecule has 1 atom stereocenters. The van der Waals surface area contributed by atoms with Gasteiger partial charge in [0.2, 0.25) is 0 Å². The summed E-state index contributed by atoms with van der Waals surface area (Å²) in [6.07, 6.45) is 1.02. The summed E-state index contributed by atoms with van der Waals surface area (Å²) in [5.74, 6) is 0. The van der Waals surface area contributed by atoms with Gasteiger partial charge in [-0.2, -0.15) is 5.26 Å². The van der Waals surface area contributed by atoms with Crippen LogP contribution in [-0.4, -0.2) is 0 Å². The molecule has 0 aromatic heterocycles. The number of hydrogen-bond acceptors (Lipinski definition) is 2. The average Bonchev–Trinajstić information content (AvgIpc) is 2.50. The van der Waals surface area contributed by atoms with Crippen molar-refractivity contribution in [2.75, 3.05) is 0 Å². The van der Waals surface area contributed by atoms with Gasteiger partial charge in [-0.25, -0.2) is 0 Å². The SMILES string of the molecule is CCc1ccc(C(C#N)NCc2ccccc2C)cc1. The molecule has 0 heterocycles. The summed E-state index contributed by atoms with van der Waals surface area (Å²) in [6, 6.07) is 18.6. The number of benzene rings is 2. The highest BCUT2D eigenvalue weighted by Gasteiger charge is 2.10. The van der Waals surface area contributed by atoms with Crippen LogP contribution in [0.3, 0.4) is 0 Å². The maximum atomic E-state index is 9.34. The summed E-state index contributed by atoms with van der Waals surface area (Å²) >= 11 is 0. The first-order valence-electron chi connectivity index (χ1n) is 7.01. The summed E-state index contributed by atoms with van der Waals surface area (Å²) in [7, 11) is 0. The van der Waals surface area contributed by atoms with Gasteiger partial charge in [0.25, 0.3) is 0 Å². The van der Waals surface area contributed by atoms with Gasteiger partial charge in [0.1, 0.15) is 6.04 Å². The van der Waals surface area contributed by atoms with E-state index in [0.29, 0.717) is 6.54 Å². The Balaban J connectivity index is 2.06. The van der Waals surface area contributed by atoms with Crippen molar-refractivity contribution < 1.29 is 0 Å². The Labute approximate surface area is 121 Å². The summed E-state index contributed by atoms with van der Waals surface area (Å²) in [4.78, 5) is 0. The molecule has 0 spiro atoms. The van der Waals surface area contributed by atoms with Crippen molar-refractivity contribution in [3.63, 3.8) is 0 Å². The highest BCUT2D eigenvalue weighted by Crippen LogP contribution is 2.15. The third-order valence-corrected chi connectivity index (χ3v) is 3.61. The van der Waals surface area contributed by atoms with Crippen molar-refractivity contribution in [2.45, 2.75) is 32.9 Å². The van der Waals surface area contributed by atoms with Crippen LogP contribution in [0.2, 0.25) is 0 Å². The lowest BCUT2D eigenvalue weighted by molar-refractivity contribution is 0.628. The minimum absolute atomic E-state index is 0.263. The Morgan fingerprint density at radius 1 is 1.10 bits per heavy atom. The number of hydrogen-bond donors (Lipinski definition) is 1. The van der Waals surface area contributed by atoms with Gasteiger partial charge in [-0.1, -0.05) is 55.5 Å². The van der Waals surface area contributed by atoms with E-state index in [2.05, 4.69) is 49.5 Å². The van der Waals surface area contributed by atoms with Crippen LogP contribution in [0.5, 0.6) is 0 Å². The van der Waals surface area contributed by atoms with Gasteiger partial charge >= 0.3 is 0 Å². The van der Waals surface area contributed by atoms with Crippen LogP contribution in [0.25, 0.3) is 0 Å². The standard InChI is InChI=1S/C18H20N2/c1-3-15-8-10-16(11-9-15)18(12-19)20-13-17-7-5-4-6-14(17)2/h4-11,18,20H,3,13H2,1-2H3. The van der Waals surface area contributed by atoms with Crippen molar-refractivity contribution in [2.24, 2.45) is 0 Å². The molecular weight excluding hydrogens is 244 g/mol. The zero-order chi connectivity index (χ0) is 14.4. The first-order chi connectivity index (χ1) is 9.74. The molecule has 0 aliphatic carbocycles. The van der Waals surface area contributed by atoms with Crippen LogP contribution in [0.1, 0.15) is 35.2 Å². The highest BCUT2D eigenvalue weighted by molar-refractivity contribution is 5.29. The van der Waals surface area contributed by atoms with Crippen LogP contribution < -0.4 is 5.32 Å². The molecule has 20 heavy (non-hydrogen) atoms. The molecule has 1 N–H and O–H groups in total. The van der Waals surface area contributed by atoms with Gasteiger partial charge in [0, 0.05) is 6.54 Å². The van der Waals surface area contributed by atoms with Crippen molar-refractivity contribution in [1.29, 1.82) is 5.26 Å². The fraction of sp³-hybridized carbons (Fsp3) is 0.278. The maximum Gasteiger partial charge on any atom is 0.121 e. The second-order valence-corrected chi connectivity index (χ2v) is 4.96. The lowest BCUT2D eigenvalue weighted by atomic mass is 10.0. The molecule has 2 heteroatoms. The van der Waals surface area contributed by atoms with E-state index >= 15 is 0 Å².